The van der Waals surface area contributed by atoms with Crippen molar-refractivity contribution in [1.82, 2.24) is 5.32 Å². The van der Waals surface area contributed by atoms with Crippen LogP contribution in [-0.4, -0.2) is 37.0 Å². The SMILES string of the molecule is CC(=O)N(CC(=O)NC(C)(C)C)c1ccc(N2CCCC2)cc1. The fraction of sp³-hybridized carbons (Fsp3) is 0.556. The Bertz CT molecular complexity index is 555. The molecule has 1 aromatic carbocycles. The number of amides is 2. The molecular formula is C18H27N3O2. The van der Waals surface area contributed by atoms with E-state index in [1.165, 1.54) is 30.4 Å². The van der Waals surface area contributed by atoms with Crippen molar-refractivity contribution in [3.63, 3.8) is 0 Å². The Labute approximate surface area is 138 Å². The van der Waals surface area contributed by atoms with Gasteiger partial charge in [0.1, 0.15) is 6.54 Å². The average molecular weight is 317 g/mol. The number of rotatable bonds is 4. The van der Waals surface area contributed by atoms with Gasteiger partial charge in [0.15, 0.2) is 0 Å². The zero-order valence-electron chi connectivity index (χ0n) is 14.6. The molecule has 0 aromatic heterocycles. The van der Waals surface area contributed by atoms with Gasteiger partial charge in [0.25, 0.3) is 0 Å². The van der Waals surface area contributed by atoms with Crippen LogP contribution in [0.4, 0.5) is 11.4 Å². The van der Waals surface area contributed by atoms with E-state index < -0.39 is 0 Å². The second kappa shape index (κ2) is 7.02. The molecule has 2 amide bonds. The molecule has 2 rings (SSSR count). The fourth-order valence-corrected chi connectivity index (χ4v) is 2.80. The summed E-state index contributed by atoms with van der Waals surface area (Å²) in [6.45, 7) is 9.47. The number of hydrogen-bond acceptors (Lipinski definition) is 3. The minimum Gasteiger partial charge on any atom is -0.372 e. The molecule has 1 fully saturated rings. The lowest BCUT2D eigenvalue weighted by Crippen LogP contribution is -2.47. The minimum absolute atomic E-state index is 0.0374. The van der Waals surface area contributed by atoms with Crippen LogP contribution in [0.15, 0.2) is 24.3 Å². The van der Waals surface area contributed by atoms with Crippen molar-refractivity contribution in [2.24, 2.45) is 0 Å². The third-order valence-corrected chi connectivity index (χ3v) is 3.83. The molecule has 1 saturated heterocycles. The molecule has 1 N–H and O–H groups in total. The molecule has 23 heavy (non-hydrogen) atoms. The quantitative estimate of drug-likeness (QED) is 0.928. The monoisotopic (exact) mass is 317 g/mol. The molecular weight excluding hydrogens is 290 g/mol. The van der Waals surface area contributed by atoms with Crippen LogP contribution in [0.2, 0.25) is 0 Å². The normalized spacial score (nSPS) is 14.7. The van der Waals surface area contributed by atoms with Crippen molar-refractivity contribution in [3.05, 3.63) is 24.3 Å². The van der Waals surface area contributed by atoms with Crippen LogP contribution >= 0.6 is 0 Å². The number of hydrogen-bond donors (Lipinski definition) is 1. The third-order valence-electron chi connectivity index (χ3n) is 3.83. The van der Waals surface area contributed by atoms with Crippen molar-refractivity contribution in [2.45, 2.75) is 46.1 Å². The van der Waals surface area contributed by atoms with Gasteiger partial charge in [-0.05, 0) is 57.9 Å². The number of benzene rings is 1. The van der Waals surface area contributed by atoms with E-state index in [2.05, 4.69) is 10.2 Å². The van der Waals surface area contributed by atoms with E-state index in [1.807, 2.05) is 45.0 Å². The molecule has 5 nitrogen and oxygen atoms in total. The van der Waals surface area contributed by atoms with E-state index >= 15 is 0 Å². The van der Waals surface area contributed by atoms with Gasteiger partial charge in [0, 0.05) is 36.9 Å². The molecule has 0 unspecified atom stereocenters. The van der Waals surface area contributed by atoms with Gasteiger partial charge >= 0.3 is 0 Å². The average Bonchev–Trinajstić information content (AvgIpc) is 2.97. The summed E-state index contributed by atoms with van der Waals surface area (Å²) in [5.41, 5.74) is 1.62. The number of nitrogens with zero attached hydrogens (tertiary/aromatic N) is 2. The maximum atomic E-state index is 12.1. The van der Waals surface area contributed by atoms with Gasteiger partial charge in [-0.1, -0.05) is 0 Å². The zero-order chi connectivity index (χ0) is 17.0. The minimum atomic E-state index is -0.306. The smallest absolute Gasteiger partial charge is 0.240 e. The standard InChI is InChI=1S/C18H27N3O2/c1-14(22)21(13-17(23)19-18(2,3)4)16-9-7-15(8-10-16)20-11-5-6-12-20/h7-10H,5-6,11-13H2,1-4H3,(H,19,23). The number of anilines is 2. The van der Waals surface area contributed by atoms with Crippen molar-refractivity contribution in [2.75, 3.05) is 29.4 Å². The first kappa shape index (κ1) is 17.3. The van der Waals surface area contributed by atoms with Crippen LogP contribution in [0.5, 0.6) is 0 Å². The molecule has 0 atom stereocenters. The van der Waals surface area contributed by atoms with E-state index in [-0.39, 0.29) is 23.9 Å². The Morgan fingerprint density at radius 2 is 1.70 bits per heavy atom. The highest BCUT2D eigenvalue weighted by Crippen LogP contribution is 2.24. The van der Waals surface area contributed by atoms with E-state index in [0.717, 1.165) is 18.8 Å². The van der Waals surface area contributed by atoms with Gasteiger partial charge in [0.05, 0.1) is 0 Å². The molecule has 0 saturated carbocycles. The lowest BCUT2D eigenvalue weighted by molar-refractivity contribution is -0.124. The first-order valence-corrected chi connectivity index (χ1v) is 8.20. The molecule has 0 spiro atoms. The van der Waals surface area contributed by atoms with Gasteiger partial charge in [-0.15, -0.1) is 0 Å². The zero-order valence-corrected chi connectivity index (χ0v) is 14.6. The Morgan fingerprint density at radius 3 is 2.17 bits per heavy atom. The highest BCUT2D eigenvalue weighted by atomic mass is 16.2. The highest BCUT2D eigenvalue weighted by Gasteiger charge is 2.20. The molecule has 1 aromatic rings. The number of carbonyl (C=O) groups excluding carboxylic acids is 2. The summed E-state index contributed by atoms with van der Waals surface area (Å²) >= 11 is 0. The van der Waals surface area contributed by atoms with Crippen LogP contribution in [0.3, 0.4) is 0 Å². The first-order valence-electron chi connectivity index (χ1n) is 8.20. The number of carbonyl (C=O) groups is 2. The molecule has 0 radical (unpaired) electrons. The topological polar surface area (TPSA) is 52.7 Å². The van der Waals surface area contributed by atoms with Crippen LogP contribution in [-0.2, 0) is 9.59 Å². The summed E-state index contributed by atoms with van der Waals surface area (Å²) in [5.74, 6) is -0.292. The van der Waals surface area contributed by atoms with Crippen molar-refractivity contribution < 1.29 is 9.59 Å². The van der Waals surface area contributed by atoms with Crippen molar-refractivity contribution in [1.29, 1.82) is 0 Å². The second-order valence-electron chi connectivity index (χ2n) is 7.11. The second-order valence-corrected chi connectivity index (χ2v) is 7.11. The highest BCUT2D eigenvalue weighted by molar-refractivity contribution is 5.97. The predicted molar refractivity (Wildman–Crippen MR) is 93.8 cm³/mol. The van der Waals surface area contributed by atoms with Gasteiger partial charge in [-0.2, -0.15) is 0 Å². The molecule has 0 aliphatic carbocycles. The van der Waals surface area contributed by atoms with Gasteiger partial charge in [-0.25, -0.2) is 0 Å². The molecule has 1 aliphatic heterocycles. The van der Waals surface area contributed by atoms with E-state index in [0.29, 0.717) is 0 Å². The van der Waals surface area contributed by atoms with Crippen LogP contribution in [0.1, 0.15) is 40.5 Å². The third kappa shape index (κ3) is 4.98. The Morgan fingerprint density at radius 1 is 1.13 bits per heavy atom. The van der Waals surface area contributed by atoms with E-state index in [4.69, 9.17) is 0 Å². The van der Waals surface area contributed by atoms with Gasteiger partial charge < -0.3 is 15.1 Å². The Balaban J connectivity index is 2.08. The summed E-state index contributed by atoms with van der Waals surface area (Å²) in [7, 11) is 0. The predicted octanol–water partition coefficient (Wildman–Crippen LogP) is 2.55. The Kier molecular flexibility index (Phi) is 5.29. The summed E-state index contributed by atoms with van der Waals surface area (Å²) in [5, 5.41) is 2.89. The maximum absolute atomic E-state index is 12.1. The van der Waals surface area contributed by atoms with Gasteiger partial charge in [0.2, 0.25) is 11.8 Å². The number of nitrogens with one attached hydrogen (secondary N) is 1. The molecule has 1 heterocycles. The largest absolute Gasteiger partial charge is 0.372 e. The molecule has 5 heteroatoms. The fourth-order valence-electron chi connectivity index (χ4n) is 2.80. The molecule has 126 valence electrons. The maximum Gasteiger partial charge on any atom is 0.240 e. The van der Waals surface area contributed by atoms with Crippen LogP contribution < -0.4 is 15.1 Å². The summed E-state index contributed by atoms with van der Waals surface area (Å²) in [6.07, 6.45) is 2.46. The summed E-state index contributed by atoms with van der Waals surface area (Å²) in [6, 6.07) is 7.88. The molecule has 0 bridgehead atoms. The lowest BCUT2D eigenvalue weighted by Gasteiger charge is -2.26. The summed E-state index contributed by atoms with van der Waals surface area (Å²) in [4.78, 5) is 27.9. The van der Waals surface area contributed by atoms with Crippen molar-refractivity contribution in [3.8, 4) is 0 Å². The first-order chi connectivity index (χ1) is 10.8. The summed E-state index contributed by atoms with van der Waals surface area (Å²) < 4.78 is 0. The van der Waals surface area contributed by atoms with Crippen LogP contribution in [0.25, 0.3) is 0 Å². The lowest BCUT2D eigenvalue weighted by atomic mass is 10.1. The van der Waals surface area contributed by atoms with Crippen molar-refractivity contribution >= 4 is 23.2 Å². The molecule has 1 aliphatic rings. The van der Waals surface area contributed by atoms with E-state index in [1.54, 1.807) is 0 Å². The van der Waals surface area contributed by atoms with Gasteiger partial charge in [-0.3, -0.25) is 9.59 Å². The van der Waals surface area contributed by atoms with Crippen LogP contribution in [0, 0.1) is 0 Å². The Hall–Kier alpha value is -2.04. The van der Waals surface area contributed by atoms with E-state index in [9.17, 15) is 9.59 Å².